The van der Waals surface area contributed by atoms with Crippen molar-refractivity contribution in [2.45, 2.75) is 0 Å². The first-order valence-corrected chi connectivity index (χ1v) is 4.32. The standard InChI is InChI=1S/C10H8N4O/c1-2-8-15-10-11-12-13-14(10)9-6-4-3-5-7-9/h1,3-7H,8H2. The zero-order chi connectivity index (χ0) is 10.5. The summed E-state index contributed by atoms with van der Waals surface area (Å²) in [5, 5.41) is 11.0. The molecule has 5 nitrogen and oxygen atoms in total. The number of aromatic nitrogens is 4. The van der Waals surface area contributed by atoms with Gasteiger partial charge in [0, 0.05) is 0 Å². The van der Waals surface area contributed by atoms with Crippen molar-refractivity contribution < 1.29 is 4.74 Å². The van der Waals surface area contributed by atoms with E-state index in [2.05, 4.69) is 21.4 Å². The summed E-state index contributed by atoms with van der Waals surface area (Å²) in [6, 6.07) is 9.73. The molecule has 0 aliphatic rings. The van der Waals surface area contributed by atoms with Gasteiger partial charge < -0.3 is 4.74 Å². The van der Waals surface area contributed by atoms with Crippen LogP contribution in [0.2, 0.25) is 0 Å². The molecule has 2 aromatic rings. The Balaban J connectivity index is 2.30. The van der Waals surface area contributed by atoms with E-state index in [0.717, 1.165) is 5.69 Å². The third-order valence-corrected chi connectivity index (χ3v) is 1.73. The molecule has 0 saturated heterocycles. The molecule has 0 radical (unpaired) electrons. The zero-order valence-electron chi connectivity index (χ0n) is 7.87. The van der Waals surface area contributed by atoms with Crippen LogP contribution in [0.5, 0.6) is 6.01 Å². The van der Waals surface area contributed by atoms with E-state index in [0.29, 0.717) is 6.01 Å². The SMILES string of the molecule is C#CCOc1nnnn1-c1ccccc1. The summed E-state index contributed by atoms with van der Waals surface area (Å²) in [6.07, 6.45) is 5.08. The topological polar surface area (TPSA) is 52.8 Å². The van der Waals surface area contributed by atoms with Crippen LogP contribution in [0.15, 0.2) is 30.3 Å². The fraction of sp³-hybridized carbons (Fsp3) is 0.100. The van der Waals surface area contributed by atoms with E-state index in [1.54, 1.807) is 0 Å². The van der Waals surface area contributed by atoms with Crippen molar-refractivity contribution in [3.8, 4) is 24.0 Å². The number of nitrogens with zero attached hydrogens (tertiary/aromatic N) is 4. The second kappa shape index (κ2) is 4.24. The largest absolute Gasteiger partial charge is 0.449 e. The minimum atomic E-state index is 0.146. The van der Waals surface area contributed by atoms with Gasteiger partial charge in [-0.25, -0.2) is 0 Å². The molecule has 1 aromatic carbocycles. The van der Waals surface area contributed by atoms with Gasteiger partial charge in [0.05, 0.1) is 5.69 Å². The summed E-state index contributed by atoms with van der Waals surface area (Å²) in [6.45, 7) is 0.146. The molecule has 0 bridgehead atoms. The van der Waals surface area contributed by atoms with Gasteiger partial charge in [-0.3, -0.25) is 0 Å². The lowest BCUT2D eigenvalue weighted by atomic mass is 10.3. The highest BCUT2D eigenvalue weighted by Gasteiger charge is 2.07. The fourth-order valence-corrected chi connectivity index (χ4v) is 1.11. The van der Waals surface area contributed by atoms with Crippen LogP contribution < -0.4 is 4.74 Å². The summed E-state index contributed by atoms with van der Waals surface area (Å²) in [7, 11) is 0. The first-order valence-electron chi connectivity index (χ1n) is 4.32. The molecule has 0 atom stereocenters. The van der Waals surface area contributed by atoms with Crippen LogP contribution in [0.1, 0.15) is 0 Å². The first-order chi connectivity index (χ1) is 7.42. The number of para-hydroxylation sites is 1. The van der Waals surface area contributed by atoms with Gasteiger partial charge >= 0.3 is 6.01 Å². The lowest BCUT2D eigenvalue weighted by Gasteiger charge is -2.02. The molecule has 0 fully saturated rings. The van der Waals surface area contributed by atoms with Crippen molar-refractivity contribution in [1.82, 2.24) is 20.2 Å². The highest BCUT2D eigenvalue weighted by Crippen LogP contribution is 2.11. The minimum Gasteiger partial charge on any atom is -0.449 e. The molecule has 0 spiro atoms. The van der Waals surface area contributed by atoms with Gasteiger partial charge in [-0.15, -0.1) is 6.42 Å². The average Bonchev–Trinajstić information content (AvgIpc) is 2.75. The Kier molecular flexibility index (Phi) is 2.61. The molecule has 15 heavy (non-hydrogen) atoms. The second-order valence-corrected chi connectivity index (χ2v) is 2.70. The lowest BCUT2D eigenvalue weighted by Crippen LogP contribution is -2.03. The molecule has 0 amide bonds. The van der Waals surface area contributed by atoms with Crippen molar-refractivity contribution in [2.75, 3.05) is 6.61 Å². The van der Waals surface area contributed by atoms with Crippen molar-refractivity contribution in [3.63, 3.8) is 0 Å². The molecule has 0 unspecified atom stereocenters. The number of benzene rings is 1. The van der Waals surface area contributed by atoms with Gasteiger partial charge in [-0.05, 0) is 22.6 Å². The predicted octanol–water partition coefficient (Wildman–Crippen LogP) is 0.674. The van der Waals surface area contributed by atoms with E-state index < -0.39 is 0 Å². The first kappa shape index (κ1) is 9.21. The maximum atomic E-state index is 5.17. The Morgan fingerprint density at radius 2 is 2.13 bits per heavy atom. The van der Waals surface area contributed by atoms with Crippen LogP contribution in [0, 0.1) is 12.3 Å². The maximum absolute atomic E-state index is 5.17. The van der Waals surface area contributed by atoms with Crippen LogP contribution in [0.3, 0.4) is 0 Å². The Morgan fingerprint density at radius 3 is 2.87 bits per heavy atom. The number of hydrogen-bond acceptors (Lipinski definition) is 4. The maximum Gasteiger partial charge on any atom is 0.341 e. The summed E-state index contributed by atoms with van der Waals surface area (Å²) < 4.78 is 6.65. The predicted molar refractivity (Wildman–Crippen MR) is 53.5 cm³/mol. The number of rotatable bonds is 3. The molecular weight excluding hydrogens is 192 g/mol. The van der Waals surface area contributed by atoms with Crippen LogP contribution in [0.25, 0.3) is 5.69 Å². The Hall–Kier alpha value is -2.35. The van der Waals surface area contributed by atoms with Crippen LogP contribution in [-0.4, -0.2) is 26.8 Å². The van der Waals surface area contributed by atoms with E-state index in [1.807, 2.05) is 30.3 Å². The third kappa shape index (κ3) is 1.94. The highest BCUT2D eigenvalue weighted by atomic mass is 16.5. The van der Waals surface area contributed by atoms with E-state index in [4.69, 9.17) is 11.2 Å². The quantitative estimate of drug-likeness (QED) is 0.683. The Labute approximate surface area is 86.7 Å². The van der Waals surface area contributed by atoms with Gasteiger partial charge in [-0.1, -0.05) is 29.2 Å². The Bertz CT molecular complexity index is 472. The molecule has 0 aliphatic heterocycles. The van der Waals surface area contributed by atoms with E-state index in [9.17, 15) is 0 Å². The van der Waals surface area contributed by atoms with Crippen molar-refractivity contribution in [2.24, 2.45) is 0 Å². The minimum absolute atomic E-state index is 0.146. The third-order valence-electron chi connectivity index (χ3n) is 1.73. The number of terminal acetylenes is 1. The highest BCUT2D eigenvalue weighted by molar-refractivity contribution is 5.31. The van der Waals surface area contributed by atoms with E-state index >= 15 is 0 Å². The zero-order valence-corrected chi connectivity index (χ0v) is 7.87. The van der Waals surface area contributed by atoms with E-state index in [1.165, 1.54) is 4.68 Å². The van der Waals surface area contributed by atoms with Crippen LogP contribution in [-0.2, 0) is 0 Å². The smallest absolute Gasteiger partial charge is 0.341 e. The summed E-state index contributed by atoms with van der Waals surface area (Å²) in [4.78, 5) is 0. The summed E-state index contributed by atoms with van der Waals surface area (Å²) in [5.41, 5.74) is 0.828. The molecule has 0 N–H and O–H groups in total. The molecule has 0 aliphatic carbocycles. The van der Waals surface area contributed by atoms with Gasteiger partial charge in [0.15, 0.2) is 6.61 Å². The normalized spacial score (nSPS) is 9.53. The molecule has 2 rings (SSSR count). The molecule has 0 saturated carbocycles. The van der Waals surface area contributed by atoms with E-state index in [-0.39, 0.29) is 6.61 Å². The summed E-state index contributed by atoms with van der Waals surface area (Å²) >= 11 is 0. The van der Waals surface area contributed by atoms with Crippen LogP contribution >= 0.6 is 0 Å². The van der Waals surface area contributed by atoms with Gasteiger partial charge in [0.2, 0.25) is 0 Å². The monoisotopic (exact) mass is 200 g/mol. The molecule has 5 heteroatoms. The molecule has 1 aromatic heterocycles. The number of ether oxygens (including phenoxy) is 1. The molecule has 74 valence electrons. The van der Waals surface area contributed by atoms with Crippen LogP contribution in [0.4, 0.5) is 0 Å². The summed E-state index contributed by atoms with van der Waals surface area (Å²) in [5.74, 6) is 2.35. The van der Waals surface area contributed by atoms with Crippen molar-refractivity contribution in [1.29, 1.82) is 0 Å². The van der Waals surface area contributed by atoms with Crippen molar-refractivity contribution >= 4 is 0 Å². The molecular formula is C10H8N4O. The fourth-order valence-electron chi connectivity index (χ4n) is 1.11. The van der Waals surface area contributed by atoms with Gasteiger partial charge in [0.25, 0.3) is 0 Å². The number of tetrazole rings is 1. The number of hydrogen-bond donors (Lipinski definition) is 0. The second-order valence-electron chi connectivity index (χ2n) is 2.70. The average molecular weight is 200 g/mol. The molecule has 1 heterocycles. The van der Waals surface area contributed by atoms with Gasteiger partial charge in [-0.2, -0.15) is 4.68 Å². The Morgan fingerprint density at radius 1 is 1.33 bits per heavy atom. The lowest BCUT2D eigenvalue weighted by molar-refractivity contribution is 0.330. The van der Waals surface area contributed by atoms with Gasteiger partial charge in [0.1, 0.15) is 0 Å². The van der Waals surface area contributed by atoms with Crippen molar-refractivity contribution in [3.05, 3.63) is 30.3 Å².